The van der Waals surface area contributed by atoms with E-state index in [0.29, 0.717) is 5.71 Å². The van der Waals surface area contributed by atoms with Crippen LogP contribution >= 0.6 is 11.6 Å². The summed E-state index contributed by atoms with van der Waals surface area (Å²) < 4.78 is 5.27. The predicted molar refractivity (Wildman–Crippen MR) is 124 cm³/mol. The van der Waals surface area contributed by atoms with E-state index in [1.54, 1.807) is 0 Å². The van der Waals surface area contributed by atoms with E-state index in [4.69, 9.17) is 16.1 Å². The molecule has 0 unspecified atom stereocenters. The van der Waals surface area contributed by atoms with Crippen molar-refractivity contribution in [2.45, 2.75) is 26.7 Å². The van der Waals surface area contributed by atoms with Gasteiger partial charge in [-0.3, -0.25) is 4.79 Å². The van der Waals surface area contributed by atoms with E-state index in [-0.39, 0.29) is 11.8 Å². The summed E-state index contributed by atoms with van der Waals surface area (Å²) in [5.41, 5.74) is 3.68. The quantitative estimate of drug-likeness (QED) is 0.599. The fraction of sp³-hybridized carbons (Fsp3) is 0.478. The van der Waals surface area contributed by atoms with Crippen molar-refractivity contribution >= 4 is 40.1 Å². The molecule has 5 rings (SSSR count). The number of fused-ring (bicyclic) bond motifs is 1. The zero-order valence-corrected chi connectivity index (χ0v) is 19.2. The molecule has 9 heteroatoms. The summed E-state index contributed by atoms with van der Waals surface area (Å²) in [5, 5.41) is 5.63. The van der Waals surface area contributed by atoms with Crippen LogP contribution in [0.25, 0.3) is 11.1 Å². The van der Waals surface area contributed by atoms with Crippen LogP contribution in [-0.4, -0.2) is 65.2 Å². The lowest BCUT2D eigenvalue weighted by molar-refractivity contribution is -0.136. The molecular formula is C23H27ClN6O2. The van der Waals surface area contributed by atoms with Gasteiger partial charge in [0.1, 0.15) is 17.5 Å². The molecule has 0 atom stereocenters. The number of anilines is 2. The molecule has 0 bridgehead atoms. The average molecular weight is 455 g/mol. The molecule has 0 N–H and O–H groups in total. The Balaban J connectivity index is 1.19. The maximum atomic E-state index is 13.2. The van der Waals surface area contributed by atoms with Crippen LogP contribution < -0.4 is 9.80 Å². The van der Waals surface area contributed by atoms with Gasteiger partial charge in [0.05, 0.1) is 5.69 Å². The molecule has 2 saturated heterocycles. The number of aryl methyl sites for hydroxylation is 2. The summed E-state index contributed by atoms with van der Waals surface area (Å²) in [6.45, 7) is 8.73. The van der Waals surface area contributed by atoms with Crippen molar-refractivity contribution in [2.75, 3.05) is 49.1 Å². The van der Waals surface area contributed by atoms with Crippen LogP contribution in [0.2, 0.25) is 5.02 Å². The van der Waals surface area contributed by atoms with Gasteiger partial charge in [0, 0.05) is 55.9 Å². The molecule has 8 nitrogen and oxygen atoms in total. The summed E-state index contributed by atoms with van der Waals surface area (Å²) in [6, 6.07) is 5.99. The highest BCUT2D eigenvalue weighted by atomic mass is 35.5. The number of carbonyl (C=O) groups is 1. The van der Waals surface area contributed by atoms with Gasteiger partial charge < -0.3 is 19.2 Å². The Morgan fingerprint density at radius 2 is 1.78 bits per heavy atom. The van der Waals surface area contributed by atoms with Gasteiger partial charge >= 0.3 is 0 Å². The second-order valence-corrected chi connectivity index (χ2v) is 9.09. The lowest BCUT2D eigenvalue weighted by atomic mass is 9.94. The highest BCUT2D eigenvalue weighted by molar-refractivity contribution is 6.30. The van der Waals surface area contributed by atoms with Crippen molar-refractivity contribution in [3.05, 3.63) is 40.8 Å². The minimum Gasteiger partial charge on any atom is -0.368 e. The van der Waals surface area contributed by atoms with Crippen molar-refractivity contribution in [2.24, 2.45) is 5.92 Å². The molecule has 0 aliphatic carbocycles. The molecule has 2 aliphatic heterocycles. The zero-order valence-electron chi connectivity index (χ0n) is 18.4. The van der Waals surface area contributed by atoms with E-state index in [0.717, 1.165) is 79.7 Å². The summed E-state index contributed by atoms with van der Waals surface area (Å²) in [5.74, 6) is 1.19. The second-order valence-electron chi connectivity index (χ2n) is 8.65. The number of carbonyl (C=O) groups excluding carboxylic acids is 1. The molecule has 3 aromatic rings. The maximum absolute atomic E-state index is 13.2. The SMILES string of the molecule is Cc1ccc(Cl)cc1N1CCN(C(=O)C2CCN(c3ncnc4onc(C)c34)CC2)CC1. The van der Waals surface area contributed by atoms with Crippen molar-refractivity contribution in [3.8, 4) is 0 Å². The van der Waals surface area contributed by atoms with Gasteiger partial charge in [0.2, 0.25) is 5.91 Å². The predicted octanol–water partition coefficient (Wildman–Crippen LogP) is 3.45. The highest BCUT2D eigenvalue weighted by Crippen LogP contribution is 2.30. The van der Waals surface area contributed by atoms with Crippen molar-refractivity contribution in [3.63, 3.8) is 0 Å². The van der Waals surface area contributed by atoms with Crippen molar-refractivity contribution < 1.29 is 9.32 Å². The Hall–Kier alpha value is -2.87. The third-order valence-corrected chi connectivity index (χ3v) is 6.91. The lowest BCUT2D eigenvalue weighted by Crippen LogP contribution is -2.52. The number of nitrogens with zero attached hydrogens (tertiary/aromatic N) is 6. The van der Waals surface area contributed by atoms with Crippen LogP contribution in [0.3, 0.4) is 0 Å². The molecule has 0 saturated carbocycles. The number of rotatable bonds is 3. The number of benzene rings is 1. The number of hydrogen-bond acceptors (Lipinski definition) is 7. The van der Waals surface area contributed by atoms with E-state index < -0.39 is 0 Å². The zero-order chi connectivity index (χ0) is 22.2. The van der Waals surface area contributed by atoms with E-state index in [1.807, 2.05) is 24.0 Å². The third-order valence-electron chi connectivity index (χ3n) is 6.67. The molecule has 0 radical (unpaired) electrons. The Bertz CT molecular complexity index is 1130. The number of hydrogen-bond donors (Lipinski definition) is 0. The number of aromatic nitrogens is 3. The smallest absolute Gasteiger partial charge is 0.263 e. The number of piperidine rings is 1. The Morgan fingerprint density at radius 3 is 2.53 bits per heavy atom. The monoisotopic (exact) mass is 454 g/mol. The lowest BCUT2D eigenvalue weighted by Gasteiger charge is -2.40. The first-order valence-electron chi connectivity index (χ1n) is 11.1. The highest BCUT2D eigenvalue weighted by Gasteiger charge is 2.32. The minimum absolute atomic E-state index is 0.0617. The van der Waals surface area contributed by atoms with Crippen LogP contribution in [0.15, 0.2) is 29.0 Å². The van der Waals surface area contributed by atoms with Crippen LogP contribution in [0.5, 0.6) is 0 Å². The maximum Gasteiger partial charge on any atom is 0.263 e. The minimum atomic E-state index is 0.0617. The normalized spacial score (nSPS) is 17.9. The molecule has 168 valence electrons. The standard InChI is InChI=1S/C23H27ClN6O2/c1-15-3-4-18(24)13-19(15)28-9-11-30(12-10-28)23(31)17-5-7-29(8-6-17)21-20-16(2)27-32-22(20)26-14-25-21/h3-4,13-14,17H,5-12H2,1-2H3. The van der Waals surface area contributed by atoms with Gasteiger partial charge in [0.25, 0.3) is 5.71 Å². The van der Waals surface area contributed by atoms with Crippen molar-refractivity contribution in [1.82, 2.24) is 20.0 Å². The molecule has 32 heavy (non-hydrogen) atoms. The first-order chi connectivity index (χ1) is 15.5. The molecule has 1 aromatic carbocycles. The summed E-state index contributed by atoms with van der Waals surface area (Å²) >= 11 is 6.20. The van der Waals surface area contributed by atoms with Crippen LogP contribution in [0, 0.1) is 19.8 Å². The van der Waals surface area contributed by atoms with E-state index in [1.165, 1.54) is 11.9 Å². The average Bonchev–Trinajstić information content (AvgIpc) is 3.21. The Kier molecular flexibility index (Phi) is 5.63. The van der Waals surface area contributed by atoms with Crippen molar-refractivity contribution in [1.29, 1.82) is 0 Å². The van der Waals surface area contributed by atoms with Crippen LogP contribution in [-0.2, 0) is 4.79 Å². The summed E-state index contributed by atoms with van der Waals surface area (Å²) in [7, 11) is 0. The fourth-order valence-corrected chi connectivity index (χ4v) is 5.00. The fourth-order valence-electron chi connectivity index (χ4n) is 4.83. The van der Waals surface area contributed by atoms with E-state index >= 15 is 0 Å². The first kappa shape index (κ1) is 21.0. The van der Waals surface area contributed by atoms with Gasteiger partial charge in [-0.05, 0) is 44.4 Å². The van der Waals surface area contributed by atoms with Gasteiger partial charge in [0.15, 0.2) is 0 Å². The summed E-state index contributed by atoms with van der Waals surface area (Å²) in [6.07, 6.45) is 3.16. The largest absolute Gasteiger partial charge is 0.368 e. The molecule has 2 aliphatic rings. The molecule has 1 amide bonds. The Labute approximate surface area is 192 Å². The number of piperazine rings is 1. The van der Waals surface area contributed by atoms with Gasteiger partial charge in [-0.2, -0.15) is 4.98 Å². The molecular weight excluding hydrogens is 428 g/mol. The van der Waals surface area contributed by atoms with Crippen LogP contribution in [0.4, 0.5) is 11.5 Å². The van der Waals surface area contributed by atoms with Gasteiger partial charge in [-0.1, -0.05) is 22.8 Å². The molecule has 2 aromatic heterocycles. The Morgan fingerprint density at radius 1 is 1.03 bits per heavy atom. The topological polar surface area (TPSA) is 78.6 Å². The van der Waals surface area contributed by atoms with E-state index in [9.17, 15) is 4.79 Å². The summed E-state index contributed by atoms with van der Waals surface area (Å²) in [4.78, 5) is 28.4. The van der Waals surface area contributed by atoms with Gasteiger partial charge in [-0.25, -0.2) is 4.98 Å². The second kappa shape index (κ2) is 8.58. The van der Waals surface area contributed by atoms with E-state index in [2.05, 4.69) is 37.9 Å². The van der Waals surface area contributed by atoms with Gasteiger partial charge in [-0.15, -0.1) is 0 Å². The number of amides is 1. The molecule has 2 fully saturated rings. The van der Waals surface area contributed by atoms with Crippen LogP contribution in [0.1, 0.15) is 24.1 Å². The molecule has 4 heterocycles. The first-order valence-corrected chi connectivity index (χ1v) is 11.5. The molecule has 0 spiro atoms. The number of halogens is 1. The third kappa shape index (κ3) is 3.88.